The lowest BCUT2D eigenvalue weighted by Gasteiger charge is -2.26. The Bertz CT molecular complexity index is 1600. The molecule has 0 aromatic heterocycles. The van der Waals surface area contributed by atoms with Crippen molar-refractivity contribution in [2.45, 2.75) is 27.4 Å². The molecule has 1 aliphatic rings. The highest BCUT2D eigenvalue weighted by Gasteiger charge is 2.37. The predicted octanol–water partition coefficient (Wildman–Crippen LogP) is 6.01. The zero-order valence-electron chi connectivity index (χ0n) is 20.9. The quantitative estimate of drug-likeness (QED) is 0.275. The number of fused-ring (bicyclic) bond motifs is 1. The lowest BCUT2D eigenvalue weighted by atomic mass is 9.99. The molecule has 0 saturated carbocycles. The summed E-state index contributed by atoms with van der Waals surface area (Å²) in [6, 6.07) is 23.9. The Labute approximate surface area is 215 Å². The number of barbiturate groups is 1. The summed E-state index contributed by atoms with van der Waals surface area (Å²) >= 11 is 0. The molecule has 1 saturated heterocycles. The van der Waals surface area contributed by atoms with Gasteiger partial charge in [0.2, 0.25) is 0 Å². The molecular weight excluding hydrogens is 464 g/mol. The number of carbonyl (C=O) groups is 3. The molecule has 6 nitrogen and oxygen atoms in total. The van der Waals surface area contributed by atoms with Gasteiger partial charge in [-0.3, -0.25) is 14.9 Å². The van der Waals surface area contributed by atoms with Crippen LogP contribution in [0, 0.1) is 20.8 Å². The number of nitrogens with zero attached hydrogens (tertiary/aromatic N) is 1. The number of carbonyl (C=O) groups excluding carboxylic acids is 3. The average molecular weight is 491 g/mol. The van der Waals surface area contributed by atoms with Crippen LogP contribution in [0.15, 0.2) is 84.4 Å². The molecule has 1 fully saturated rings. The number of anilines is 1. The molecule has 0 unspecified atom stereocenters. The number of hydrogen-bond acceptors (Lipinski definition) is 4. The highest BCUT2D eigenvalue weighted by Crippen LogP contribution is 2.32. The van der Waals surface area contributed by atoms with Gasteiger partial charge in [0.25, 0.3) is 11.8 Å². The van der Waals surface area contributed by atoms with Crippen LogP contribution >= 0.6 is 0 Å². The van der Waals surface area contributed by atoms with Gasteiger partial charge in [-0.2, -0.15) is 0 Å². The standard InChI is InChI=1S/C31H26N2O4/c1-19-7-6-9-24(15-19)33-30(35)27(29(34)32-31(33)36)17-26-25-10-5-4-8-23(25)13-14-28(26)37-18-22-12-11-20(2)21(3)16-22/h4-17H,18H2,1-3H3,(H,32,34,36)/b27-17+. The molecular formula is C31H26N2O4. The molecule has 1 heterocycles. The fourth-order valence-electron chi connectivity index (χ4n) is 4.41. The second-order valence-electron chi connectivity index (χ2n) is 9.20. The fraction of sp³-hybridized carbons (Fsp3) is 0.129. The lowest BCUT2D eigenvalue weighted by molar-refractivity contribution is -0.122. The Morgan fingerprint density at radius 3 is 2.43 bits per heavy atom. The van der Waals surface area contributed by atoms with Crippen molar-refractivity contribution in [1.29, 1.82) is 0 Å². The minimum Gasteiger partial charge on any atom is -0.488 e. The molecule has 4 amide bonds. The molecule has 4 aromatic rings. The summed E-state index contributed by atoms with van der Waals surface area (Å²) in [6.45, 7) is 6.31. The SMILES string of the molecule is Cc1cccc(N2C(=O)NC(=O)/C(=C\c3c(OCc4ccc(C)c(C)c4)ccc4ccccc34)C2=O)c1. The Hall–Kier alpha value is -4.71. The van der Waals surface area contributed by atoms with Gasteiger partial charge in [0.05, 0.1) is 5.69 Å². The smallest absolute Gasteiger partial charge is 0.335 e. The van der Waals surface area contributed by atoms with Gasteiger partial charge in [0.15, 0.2) is 0 Å². The summed E-state index contributed by atoms with van der Waals surface area (Å²) in [6.07, 6.45) is 1.52. The van der Waals surface area contributed by atoms with Crippen LogP contribution in [-0.4, -0.2) is 17.8 Å². The fourth-order valence-corrected chi connectivity index (χ4v) is 4.41. The van der Waals surface area contributed by atoms with Crippen LogP contribution in [-0.2, 0) is 16.2 Å². The Kier molecular flexibility index (Phi) is 6.32. The molecule has 184 valence electrons. The van der Waals surface area contributed by atoms with Crippen molar-refractivity contribution >= 4 is 40.4 Å². The van der Waals surface area contributed by atoms with Crippen molar-refractivity contribution < 1.29 is 19.1 Å². The van der Waals surface area contributed by atoms with Crippen molar-refractivity contribution in [2.75, 3.05) is 4.90 Å². The topological polar surface area (TPSA) is 75.7 Å². The van der Waals surface area contributed by atoms with E-state index in [2.05, 4.69) is 31.3 Å². The number of benzene rings is 4. The molecule has 6 heteroatoms. The van der Waals surface area contributed by atoms with Gasteiger partial charge >= 0.3 is 6.03 Å². The second kappa shape index (κ2) is 9.74. The van der Waals surface area contributed by atoms with E-state index >= 15 is 0 Å². The van der Waals surface area contributed by atoms with Crippen LogP contribution in [0.2, 0.25) is 0 Å². The molecule has 37 heavy (non-hydrogen) atoms. The molecule has 0 spiro atoms. The summed E-state index contributed by atoms with van der Waals surface area (Å²) in [5.41, 5.74) is 5.12. The van der Waals surface area contributed by atoms with Gasteiger partial charge in [-0.15, -0.1) is 0 Å². The third-order valence-electron chi connectivity index (χ3n) is 6.55. The first-order valence-corrected chi connectivity index (χ1v) is 12.0. The van der Waals surface area contributed by atoms with Crippen LogP contribution in [0.1, 0.15) is 27.8 Å². The monoisotopic (exact) mass is 490 g/mol. The summed E-state index contributed by atoms with van der Waals surface area (Å²) < 4.78 is 6.22. The van der Waals surface area contributed by atoms with E-state index in [0.717, 1.165) is 26.8 Å². The Balaban J connectivity index is 1.58. The third kappa shape index (κ3) is 4.74. The summed E-state index contributed by atoms with van der Waals surface area (Å²) in [5.74, 6) is -0.900. The maximum absolute atomic E-state index is 13.5. The van der Waals surface area contributed by atoms with Gasteiger partial charge in [0, 0.05) is 5.56 Å². The number of nitrogens with one attached hydrogen (secondary N) is 1. The van der Waals surface area contributed by atoms with E-state index in [1.54, 1.807) is 18.2 Å². The molecule has 4 aromatic carbocycles. The first-order valence-electron chi connectivity index (χ1n) is 12.0. The predicted molar refractivity (Wildman–Crippen MR) is 144 cm³/mol. The van der Waals surface area contributed by atoms with E-state index in [0.29, 0.717) is 23.6 Å². The van der Waals surface area contributed by atoms with Crippen LogP contribution < -0.4 is 15.0 Å². The number of amides is 4. The highest BCUT2D eigenvalue weighted by atomic mass is 16.5. The van der Waals surface area contributed by atoms with E-state index in [1.165, 1.54) is 17.2 Å². The van der Waals surface area contributed by atoms with E-state index in [4.69, 9.17) is 4.74 Å². The summed E-state index contributed by atoms with van der Waals surface area (Å²) in [4.78, 5) is 40.0. The van der Waals surface area contributed by atoms with Crippen LogP contribution in [0.4, 0.5) is 10.5 Å². The molecule has 0 radical (unpaired) electrons. The van der Waals surface area contributed by atoms with Gasteiger partial charge in [-0.25, -0.2) is 9.69 Å². The van der Waals surface area contributed by atoms with Crippen molar-refractivity contribution in [3.63, 3.8) is 0 Å². The third-order valence-corrected chi connectivity index (χ3v) is 6.55. The molecule has 0 bridgehead atoms. The number of urea groups is 1. The average Bonchev–Trinajstić information content (AvgIpc) is 2.87. The minimum atomic E-state index is -0.776. The van der Waals surface area contributed by atoms with E-state index < -0.39 is 17.8 Å². The first-order chi connectivity index (χ1) is 17.8. The van der Waals surface area contributed by atoms with Crippen molar-refractivity contribution in [3.05, 3.63) is 112 Å². The van der Waals surface area contributed by atoms with Crippen LogP contribution in [0.25, 0.3) is 16.8 Å². The minimum absolute atomic E-state index is 0.145. The Morgan fingerprint density at radius 2 is 1.65 bits per heavy atom. The first kappa shape index (κ1) is 24.0. The summed E-state index contributed by atoms with van der Waals surface area (Å²) in [5, 5.41) is 4.06. The van der Waals surface area contributed by atoms with Gasteiger partial charge < -0.3 is 4.74 Å². The normalized spacial score (nSPS) is 14.8. The second-order valence-corrected chi connectivity index (χ2v) is 9.20. The maximum Gasteiger partial charge on any atom is 0.335 e. The van der Waals surface area contributed by atoms with Crippen molar-refractivity contribution in [3.8, 4) is 5.75 Å². The molecule has 0 aliphatic carbocycles. The lowest BCUT2D eigenvalue weighted by Crippen LogP contribution is -2.54. The molecule has 1 N–H and O–H groups in total. The van der Waals surface area contributed by atoms with E-state index in [1.807, 2.05) is 55.5 Å². The van der Waals surface area contributed by atoms with Crippen molar-refractivity contribution in [2.24, 2.45) is 0 Å². The van der Waals surface area contributed by atoms with Crippen LogP contribution in [0.5, 0.6) is 5.75 Å². The Morgan fingerprint density at radius 1 is 0.838 bits per heavy atom. The number of hydrogen-bond donors (Lipinski definition) is 1. The van der Waals surface area contributed by atoms with Crippen LogP contribution in [0.3, 0.4) is 0 Å². The largest absolute Gasteiger partial charge is 0.488 e. The van der Waals surface area contributed by atoms with Gasteiger partial charge in [-0.1, -0.05) is 60.7 Å². The van der Waals surface area contributed by atoms with Crippen molar-refractivity contribution in [1.82, 2.24) is 5.32 Å². The number of imide groups is 2. The van der Waals surface area contributed by atoms with E-state index in [-0.39, 0.29) is 5.57 Å². The van der Waals surface area contributed by atoms with Gasteiger partial charge in [0.1, 0.15) is 17.9 Å². The summed E-state index contributed by atoms with van der Waals surface area (Å²) in [7, 11) is 0. The number of ether oxygens (including phenoxy) is 1. The highest BCUT2D eigenvalue weighted by molar-refractivity contribution is 6.39. The number of rotatable bonds is 5. The maximum atomic E-state index is 13.5. The van der Waals surface area contributed by atoms with E-state index in [9.17, 15) is 14.4 Å². The molecule has 1 aliphatic heterocycles. The zero-order chi connectivity index (χ0) is 26.1. The number of aryl methyl sites for hydroxylation is 3. The molecule has 5 rings (SSSR count). The molecule has 0 atom stereocenters. The van der Waals surface area contributed by atoms with Gasteiger partial charge in [-0.05, 0) is 78.1 Å². The zero-order valence-corrected chi connectivity index (χ0v) is 20.9.